The number of nitrogens with one attached hydrogen (secondary N) is 1. The van der Waals surface area contributed by atoms with E-state index in [2.05, 4.69) is 15.3 Å². The molecule has 6 nitrogen and oxygen atoms in total. The van der Waals surface area contributed by atoms with Crippen LogP contribution in [0.5, 0.6) is 0 Å². The number of carbonyl (C=O) groups excluding carboxylic acids is 1. The number of imidazole rings is 1. The van der Waals surface area contributed by atoms with Gasteiger partial charge in [0, 0.05) is 35.9 Å². The van der Waals surface area contributed by atoms with Crippen LogP contribution in [-0.4, -0.2) is 33.0 Å². The summed E-state index contributed by atoms with van der Waals surface area (Å²) in [6.45, 7) is 2.61. The highest BCUT2D eigenvalue weighted by Crippen LogP contribution is 2.22. The zero-order chi connectivity index (χ0) is 16.5. The lowest BCUT2D eigenvalue weighted by molar-refractivity contribution is -0.124. The van der Waals surface area contributed by atoms with Crippen molar-refractivity contribution < 1.29 is 9.53 Å². The van der Waals surface area contributed by atoms with Crippen LogP contribution < -0.4 is 5.32 Å². The van der Waals surface area contributed by atoms with Crippen molar-refractivity contribution in [3.63, 3.8) is 0 Å². The smallest absolute Gasteiger partial charge is 0.253 e. The van der Waals surface area contributed by atoms with Crippen LogP contribution in [-0.2, 0) is 9.53 Å². The molecule has 0 bridgehead atoms. The van der Waals surface area contributed by atoms with Crippen LogP contribution in [0.4, 0.5) is 5.69 Å². The molecule has 24 heavy (non-hydrogen) atoms. The van der Waals surface area contributed by atoms with Gasteiger partial charge in [0.1, 0.15) is 6.10 Å². The van der Waals surface area contributed by atoms with Gasteiger partial charge in [0.2, 0.25) is 5.78 Å². The monoisotopic (exact) mass is 322 g/mol. The van der Waals surface area contributed by atoms with Crippen molar-refractivity contribution in [1.82, 2.24) is 14.4 Å². The molecule has 1 aliphatic heterocycles. The van der Waals surface area contributed by atoms with Crippen molar-refractivity contribution in [2.45, 2.75) is 25.9 Å². The Morgan fingerprint density at radius 3 is 2.83 bits per heavy atom. The van der Waals surface area contributed by atoms with Crippen molar-refractivity contribution in [1.29, 1.82) is 0 Å². The van der Waals surface area contributed by atoms with Crippen LogP contribution in [0, 0.1) is 6.92 Å². The summed E-state index contributed by atoms with van der Waals surface area (Å²) in [5.41, 5.74) is 3.53. The molecule has 122 valence electrons. The molecular weight excluding hydrogens is 304 g/mol. The molecule has 1 saturated heterocycles. The van der Waals surface area contributed by atoms with E-state index in [1.54, 1.807) is 0 Å². The van der Waals surface area contributed by atoms with Crippen LogP contribution in [0.1, 0.15) is 18.5 Å². The third-order valence-electron chi connectivity index (χ3n) is 4.14. The van der Waals surface area contributed by atoms with Gasteiger partial charge in [-0.2, -0.15) is 0 Å². The van der Waals surface area contributed by atoms with Crippen LogP contribution in [0.25, 0.3) is 17.0 Å². The molecule has 1 aromatic carbocycles. The summed E-state index contributed by atoms with van der Waals surface area (Å²) in [7, 11) is 0. The Bertz CT molecular complexity index is 880. The maximum absolute atomic E-state index is 12.1. The molecule has 4 rings (SSSR count). The lowest BCUT2D eigenvalue weighted by Gasteiger charge is -2.10. The molecule has 0 unspecified atom stereocenters. The first-order valence-electron chi connectivity index (χ1n) is 8.04. The summed E-state index contributed by atoms with van der Waals surface area (Å²) >= 11 is 0. The predicted molar refractivity (Wildman–Crippen MR) is 90.8 cm³/mol. The van der Waals surface area contributed by atoms with E-state index >= 15 is 0 Å². The lowest BCUT2D eigenvalue weighted by Crippen LogP contribution is -2.26. The topological polar surface area (TPSA) is 68.5 Å². The largest absolute Gasteiger partial charge is 0.368 e. The Kier molecular flexibility index (Phi) is 3.74. The van der Waals surface area contributed by atoms with Gasteiger partial charge in [0.25, 0.3) is 5.91 Å². The number of amides is 1. The fraction of sp³-hybridized carbons (Fsp3) is 0.278. The highest BCUT2D eigenvalue weighted by Gasteiger charge is 2.23. The normalized spacial score (nSPS) is 17.3. The summed E-state index contributed by atoms with van der Waals surface area (Å²) in [6, 6.07) is 9.59. The molecule has 0 spiro atoms. The summed E-state index contributed by atoms with van der Waals surface area (Å²) in [5, 5.41) is 2.89. The Balaban J connectivity index is 1.53. The number of rotatable bonds is 3. The molecule has 0 radical (unpaired) electrons. The Hall–Kier alpha value is -2.73. The first-order valence-corrected chi connectivity index (χ1v) is 8.04. The van der Waals surface area contributed by atoms with Gasteiger partial charge in [-0.05, 0) is 38.0 Å². The molecule has 0 aliphatic carbocycles. The third kappa shape index (κ3) is 2.88. The number of hydrogen-bond donors (Lipinski definition) is 1. The SMILES string of the molecule is Cc1ccn2cc(-c3ccc(NC(=O)[C@@H]4CCCO4)cc3)nc2n1. The summed E-state index contributed by atoms with van der Waals surface area (Å²) in [5.74, 6) is 0.605. The molecule has 1 aliphatic rings. The zero-order valence-corrected chi connectivity index (χ0v) is 13.4. The zero-order valence-electron chi connectivity index (χ0n) is 13.4. The minimum absolute atomic E-state index is 0.0762. The minimum Gasteiger partial charge on any atom is -0.368 e. The van der Waals surface area contributed by atoms with Crippen LogP contribution in [0.2, 0.25) is 0 Å². The van der Waals surface area contributed by atoms with Gasteiger partial charge in [-0.3, -0.25) is 9.20 Å². The number of aromatic nitrogens is 3. The van der Waals surface area contributed by atoms with E-state index in [4.69, 9.17) is 4.74 Å². The molecule has 2 aromatic heterocycles. The fourth-order valence-electron chi connectivity index (χ4n) is 2.83. The van der Waals surface area contributed by atoms with Crippen molar-refractivity contribution in [3.05, 3.63) is 48.4 Å². The maximum Gasteiger partial charge on any atom is 0.253 e. The number of benzene rings is 1. The molecule has 3 heterocycles. The van der Waals surface area contributed by atoms with Gasteiger partial charge in [0.05, 0.1) is 5.69 Å². The van der Waals surface area contributed by atoms with Crippen molar-refractivity contribution in [2.24, 2.45) is 0 Å². The Morgan fingerprint density at radius 2 is 2.08 bits per heavy atom. The Labute approximate surface area is 139 Å². The quantitative estimate of drug-likeness (QED) is 0.805. The first kappa shape index (κ1) is 14.8. The lowest BCUT2D eigenvalue weighted by atomic mass is 10.1. The van der Waals surface area contributed by atoms with E-state index in [0.29, 0.717) is 12.4 Å². The van der Waals surface area contributed by atoms with E-state index in [-0.39, 0.29) is 12.0 Å². The summed E-state index contributed by atoms with van der Waals surface area (Å²) < 4.78 is 7.29. The Morgan fingerprint density at radius 1 is 1.25 bits per heavy atom. The van der Waals surface area contributed by atoms with Crippen molar-refractivity contribution in [3.8, 4) is 11.3 Å². The molecular formula is C18H18N4O2. The van der Waals surface area contributed by atoms with Crippen LogP contribution in [0.3, 0.4) is 0 Å². The second-order valence-electron chi connectivity index (χ2n) is 5.97. The maximum atomic E-state index is 12.1. The number of anilines is 1. The highest BCUT2D eigenvalue weighted by molar-refractivity contribution is 5.94. The summed E-state index contributed by atoms with van der Waals surface area (Å²) in [4.78, 5) is 21.0. The first-order chi connectivity index (χ1) is 11.7. The number of fused-ring (bicyclic) bond motifs is 1. The van der Waals surface area contributed by atoms with E-state index in [1.807, 2.05) is 54.0 Å². The summed E-state index contributed by atoms with van der Waals surface area (Å²) in [6.07, 6.45) is 5.31. The van der Waals surface area contributed by atoms with E-state index in [9.17, 15) is 4.79 Å². The van der Waals surface area contributed by atoms with Gasteiger partial charge in [-0.25, -0.2) is 9.97 Å². The second-order valence-corrected chi connectivity index (χ2v) is 5.97. The predicted octanol–water partition coefficient (Wildman–Crippen LogP) is 2.82. The van der Waals surface area contributed by atoms with Crippen molar-refractivity contribution >= 4 is 17.4 Å². The average Bonchev–Trinajstić information content (AvgIpc) is 3.24. The van der Waals surface area contributed by atoms with Gasteiger partial charge >= 0.3 is 0 Å². The fourth-order valence-corrected chi connectivity index (χ4v) is 2.83. The van der Waals surface area contributed by atoms with E-state index in [0.717, 1.165) is 35.5 Å². The minimum atomic E-state index is -0.322. The van der Waals surface area contributed by atoms with E-state index in [1.165, 1.54) is 0 Å². The van der Waals surface area contributed by atoms with Gasteiger partial charge in [-0.15, -0.1) is 0 Å². The second kappa shape index (κ2) is 6.05. The standard InChI is InChI=1S/C18H18N4O2/c1-12-8-9-22-11-15(21-18(22)19-12)13-4-6-14(7-5-13)20-17(23)16-3-2-10-24-16/h4-9,11,16H,2-3,10H2,1H3,(H,20,23)/t16-/m0/s1. The number of ether oxygens (including phenoxy) is 1. The van der Waals surface area contributed by atoms with Gasteiger partial charge in [0.15, 0.2) is 0 Å². The molecule has 1 amide bonds. The van der Waals surface area contributed by atoms with Crippen LogP contribution >= 0.6 is 0 Å². The third-order valence-corrected chi connectivity index (χ3v) is 4.14. The molecule has 1 fully saturated rings. The van der Waals surface area contributed by atoms with Crippen molar-refractivity contribution in [2.75, 3.05) is 11.9 Å². The molecule has 6 heteroatoms. The molecule has 1 atom stereocenters. The number of nitrogens with zero attached hydrogens (tertiary/aromatic N) is 3. The molecule has 1 N–H and O–H groups in total. The van der Waals surface area contributed by atoms with E-state index < -0.39 is 0 Å². The molecule has 0 saturated carbocycles. The van der Waals surface area contributed by atoms with Gasteiger partial charge in [-0.1, -0.05) is 12.1 Å². The number of carbonyl (C=O) groups is 1. The number of hydrogen-bond acceptors (Lipinski definition) is 4. The number of aryl methyl sites for hydroxylation is 1. The average molecular weight is 322 g/mol. The highest BCUT2D eigenvalue weighted by atomic mass is 16.5. The van der Waals surface area contributed by atoms with Crippen LogP contribution in [0.15, 0.2) is 42.7 Å². The van der Waals surface area contributed by atoms with Gasteiger partial charge < -0.3 is 10.1 Å². The molecule has 3 aromatic rings.